The largest absolute Gasteiger partial charge is 0.289 e. The summed E-state index contributed by atoms with van der Waals surface area (Å²) in [7, 11) is 0. The lowest BCUT2D eigenvalue weighted by Crippen LogP contribution is -1.96. The van der Waals surface area contributed by atoms with Crippen molar-refractivity contribution in [1.29, 1.82) is 5.26 Å². The highest BCUT2D eigenvalue weighted by Gasteiger charge is 2.33. The number of ketones is 1. The van der Waals surface area contributed by atoms with Crippen molar-refractivity contribution in [3.63, 3.8) is 0 Å². The van der Waals surface area contributed by atoms with Gasteiger partial charge in [-0.3, -0.25) is 4.79 Å². The maximum atomic E-state index is 13.3. The summed E-state index contributed by atoms with van der Waals surface area (Å²) in [4.78, 5) is 15.1. The highest BCUT2D eigenvalue weighted by atomic mass is 19.2. The monoisotopic (exact) mass is 256 g/mol. The van der Waals surface area contributed by atoms with Crippen LogP contribution in [0.15, 0.2) is 29.5 Å². The third-order valence-electron chi connectivity index (χ3n) is 2.83. The maximum Gasteiger partial charge on any atom is 0.270 e. The zero-order chi connectivity index (χ0) is 14.2. The Bertz CT molecular complexity index is 730. The van der Waals surface area contributed by atoms with Crippen molar-refractivity contribution in [2.75, 3.05) is 0 Å². The molecule has 0 bridgehead atoms. The van der Waals surface area contributed by atoms with Crippen LogP contribution in [0.4, 0.5) is 8.78 Å². The number of nitrogens with zero attached hydrogens (tertiary/aromatic N) is 2. The number of hydrogen-bond acceptors (Lipinski definition) is 2. The molecule has 0 aromatic heterocycles. The van der Waals surface area contributed by atoms with Gasteiger partial charge < -0.3 is 0 Å². The zero-order valence-electron chi connectivity index (χ0n) is 9.79. The molecule has 19 heavy (non-hydrogen) atoms. The number of carbonyl (C=O) groups is 1. The van der Waals surface area contributed by atoms with Gasteiger partial charge in [-0.25, -0.2) is 18.9 Å². The minimum absolute atomic E-state index is 0.0293. The Balaban J connectivity index is 2.91. The first-order valence-electron chi connectivity index (χ1n) is 5.27. The molecule has 0 fully saturated rings. The summed E-state index contributed by atoms with van der Waals surface area (Å²) in [6, 6.07) is 3.31. The van der Waals surface area contributed by atoms with Crippen LogP contribution in [0.3, 0.4) is 0 Å². The normalized spacial score (nSPS) is 17.9. The van der Waals surface area contributed by atoms with Crippen molar-refractivity contribution in [2.24, 2.45) is 0 Å². The average molecular weight is 256 g/mol. The second kappa shape index (κ2) is 4.47. The van der Waals surface area contributed by atoms with Crippen LogP contribution in [0.25, 0.3) is 10.4 Å². The summed E-state index contributed by atoms with van der Waals surface area (Å²) >= 11 is 0. The fourth-order valence-electron chi connectivity index (χ4n) is 2.01. The molecule has 0 amide bonds. The quantitative estimate of drug-likeness (QED) is 0.406. The number of halogens is 2. The second-order valence-electron chi connectivity index (χ2n) is 3.79. The van der Waals surface area contributed by atoms with Gasteiger partial charge in [0.15, 0.2) is 17.4 Å². The first-order valence-corrected chi connectivity index (χ1v) is 5.27. The Morgan fingerprint density at radius 1 is 1.37 bits per heavy atom. The fraction of sp³-hybridized carbons (Fsp3) is 0.0714. The molecule has 0 spiro atoms. The molecule has 0 atom stereocenters. The predicted octanol–water partition coefficient (Wildman–Crippen LogP) is 3.26. The number of rotatable bonds is 0. The number of hydrogen-bond donors (Lipinski definition) is 0. The van der Waals surface area contributed by atoms with Gasteiger partial charge >= 0.3 is 0 Å². The van der Waals surface area contributed by atoms with Crippen LogP contribution in [0.5, 0.6) is 0 Å². The van der Waals surface area contributed by atoms with Gasteiger partial charge in [-0.2, -0.15) is 0 Å². The van der Waals surface area contributed by atoms with Gasteiger partial charge in [0, 0.05) is 16.7 Å². The Morgan fingerprint density at radius 3 is 2.42 bits per heavy atom. The number of Topliss-reactive ketones (excluding diaryl/α,β-unsaturated/α-hetero) is 1. The van der Waals surface area contributed by atoms with E-state index in [-0.39, 0.29) is 28.0 Å². The molecule has 0 unspecified atom stereocenters. The van der Waals surface area contributed by atoms with E-state index in [1.165, 1.54) is 6.08 Å². The minimum Gasteiger partial charge on any atom is -0.289 e. The van der Waals surface area contributed by atoms with Crippen molar-refractivity contribution in [3.05, 3.63) is 63.7 Å². The summed E-state index contributed by atoms with van der Waals surface area (Å²) in [5, 5.41) is 8.91. The van der Waals surface area contributed by atoms with Gasteiger partial charge in [0.2, 0.25) is 0 Å². The molecule has 0 N–H and O–H groups in total. The molecule has 0 heterocycles. The van der Waals surface area contributed by atoms with E-state index in [0.717, 1.165) is 12.1 Å². The van der Waals surface area contributed by atoms with E-state index >= 15 is 0 Å². The fourth-order valence-corrected chi connectivity index (χ4v) is 2.01. The summed E-state index contributed by atoms with van der Waals surface area (Å²) in [6.45, 7) is 8.49. The van der Waals surface area contributed by atoms with Crippen LogP contribution in [0.1, 0.15) is 22.8 Å². The number of nitriles is 1. The molecule has 0 aliphatic heterocycles. The smallest absolute Gasteiger partial charge is 0.270 e. The molecule has 0 saturated carbocycles. The predicted molar refractivity (Wildman–Crippen MR) is 63.6 cm³/mol. The van der Waals surface area contributed by atoms with E-state index in [4.69, 9.17) is 11.8 Å². The Morgan fingerprint density at radius 2 is 1.95 bits per heavy atom. The van der Waals surface area contributed by atoms with Crippen LogP contribution < -0.4 is 0 Å². The van der Waals surface area contributed by atoms with Gasteiger partial charge in [0.05, 0.1) is 12.6 Å². The Hall–Kier alpha value is -2.79. The van der Waals surface area contributed by atoms with Gasteiger partial charge in [-0.05, 0) is 24.6 Å². The number of allylic oxidation sites excluding steroid dienone is 4. The lowest BCUT2D eigenvalue weighted by atomic mass is 10.0. The van der Waals surface area contributed by atoms with Gasteiger partial charge in [0.25, 0.3) is 5.70 Å². The lowest BCUT2D eigenvalue weighted by Gasteiger charge is -2.01. The third kappa shape index (κ3) is 1.73. The summed E-state index contributed by atoms with van der Waals surface area (Å²) < 4.78 is 26.5. The molecule has 1 aliphatic rings. The minimum atomic E-state index is -1.13. The van der Waals surface area contributed by atoms with E-state index in [1.54, 1.807) is 13.0 Å². The molecular weight excluding hydrogens is 250 g/mol. The third-order valence-corrected chi connectivity index (χ3v) is 2.83. The molecular formula is C14H6F2N2O. The Kier molecular flexibility index (Phi) is 2.98. The van der Waals surface area contributed by atoms with Crippen molar-refractivity contribution in [2.45, 2.75) is 6.92 Å². The van der Waals surface area contributed by atoms with E-state index in [2.05, 4.69) is 4.85 Å². The van der Waals surface area contributed by atoms with Crippen molar-refractivity contribution < 1.29 is 13.6 Å². The highest BCUT2D eigenvalue weighted by Crippen LogP contribution is 2.39. The first kappa shape index (κ1) is 12.7. The molecule has 0 radical (unpaired) electrons. The average Bonchev–Trinajstić information content (AvgIpc) is 2.65. The first-order chi connectivity index (χ1) is 9.04. The maximum absolute atomic E-state index is 13.3. The van der Waals surface area contributed by atoms with Crippen LogP contribution in [-0.2, 0) is 0 Å². The summed E-state index contributed by atoms with van der Waals surface area (Å²) in [5.74, 6) is -2.77. The van der Waals surface area contributed by atoms with Crippen molar-refractivity contribution in [1.82, 2.24) is 0 Å². The summed E-state index contributed by atoms with van der Waals surface area (Å²) in [6.07, 6.45) is 1.43. The molecule has 1 aliphatic carbocycles. The molecule has 1 aromatic carbocycles. The molecule has 1 aromatic rings. The molecule has 3 nitrogen and oxygen atoms in total. The van der Waals surface area contributed by atoms with Crippen LogP contribution in [-0.4, -0.2) is 5.78 Å². The topological polar surface area (TPSA) is 45.2 Å². The highest BCUT2D eigenvalue weighted by molar-refractivity contribution is 6.27. The molecule has 2 rings (SSSR count). The van der Waals surface area contributed by atoms with Gasteiger partial charge in [-0.1, -0.05) is 6.08 Å². The van der Waals surface area contributed by atoms with Crippen LogP contribution >= 0.6 is 0 Å². The number of carbonyl (C=O) groups excluding carboxylic acids is 1. The molecule has 5 heteroatoms. The number of fused-ring (bicyclic) bond motifs is 1. The van der Waals surface area contributed by atoms with Gasteiger partial charge in [0.1, 0.15) is 0 Å². The Labute approximate surface area is 107 Å². The number of benzene rings is 1. The van der Waals surface area contributed by atoms with E-state index in [0.29, 0.717) is 0 Å². The second-order valence-corrected chi connectivity index (χ2v) is 3.79. The lowest BCUT2D eigenvalue weighted by molar-refractivity contribution is 0.104. The van der Waals surface area contributed by atoms with Crippen molar-refractivity contribution in [3.8, 4) is 6.07 Å². The van der Waals surface area contributed by atoms with Crippen LogP contribution in [0.2, 0.25) is 0 Å². The SMILES string of the molecule is [C-]#[N+]/C(C#N)=C1/C(=C/C)C(=O)c2cc(F)c(F)cc21. The molecule has 0 saturated heterocycles. The van der Waals surface area contributed by atoms with Crippen molar-refractivity contribution >= 4 is 11.4 Å². The van der Waals surface area contributed by atoms with E-state index < -0.39 is 17.4 Å². The van der Waals surface area contributed by atoms with E-state index in [1.807, 2.05) is 0 Å². The molecule has 92 valence electrons. The zero-order valence-corrected chi connectivity index (χ0v) is 9.79. The van der Waals surface area contributed by atoms with E-state index in [9.17, 15) is 13.6 Å². The van der Waals surface area contributed by atoms with Gasteiger partial charge in [-0.15, -0.1) is 0 Å². The van der Waals surface area contributed by atoms with Crippen LogP contribution in [0, 0.1) is 29.5 Å². The summed E-state index contributed by atoms with van der Waals surface area (Å²) in [5.41, 5.74) is -0.0689. The standard InChI is InChI=1S/C14H6F2N2O/c1-3-7-13(12(6-17)18-2)8-4-10(15)11(16)5-9(8)14(7)19/h3-5H,1H3/b7-3-,13-12-.